The van der Waals surface area contributed by atoms with Gasteiger partial charge in [0.25, 0.3) is 0 Å². The highest BCUT2D eigenvalue weighted by Crippen LogP contribution is 1.82. The van der Waals surface area contributed by atoms with Gasteiger partial charge in [-0.25, -0.2) is 0 Å². The molecule has 13 heavy (non-hydrogen) atoms. The summed E-state index contributed by atoms with van der Waals surface area (Å²) in [7, 11) is 0. The Bertz CT molecular complexity index is 182. The van der Waals surface area contributed by atoms with Gasteiger partial charge in [0.15, 0.2) is 5.84 Å². The smallest absolute Gasteiger partial charge is 0.222 e. The molecule has 0 rings (SSSR count). The van der Waals surface area contributed by atoms with Crippen LogP contribution in [0.25, 0.3) is 0 Å². The summed E-state index contributed by atoms with van der Waals surface area (Å²) >= 11 is 0. The number of amidine groups is 1. The van der Waals surface area contributed by atoms with E-state index in [1.807, 2.05) is 6.92 Å². The number of carbonyl (C=O) groups is 1. The number of amides is 1. The van der Waals surface area contributed by atoms with Crippen LogP contribution in [0.5, 0.6) is 0 Å². The number of nitrogens with one attached hydrogen (secondary N) is 1. The summed E-state index contributed by atoms with van der Waals surface area (Å²) in [6, 6.07) is 0. The van der Waals surface area contributed by atoms with E-state index < -0.39 is 0 Å². The summed E-state index contributed by atoms with van der Waals surface area (Å²) < 4.78 is 4.97. The summed E-state index contributed by atoms with van der Waals surface area (Å²) in [5.41, 5.74) is 5.13. The van der Waals surface area contributed by atoms with Crippen LogP contribution in [-0.2, 0) is 9.53 Å². The second-order valence-electron chi connectivity index (χ2n) is 2.31. The van der Waals surface area contributed by atoms with Crippen molar-refractivity contribution in [2.75, 3.05) is 19.8 Å². The first-order chi connectivity index (χ1) is 6.20. The maximum atomic E-state index is 11.0. The molecule has 0 aliphatic carbocycles. The molecule has 0 bridgehead atoms. The fourth-order valence-corrected chi connectivity index (χ4v) is 0.622. The molecule has 4 N–H and O–H groups in total. The van der Waals surface area contributed by atoms with Crippen LogP contribution in [0.15, 0.2) is 5.16 Å². The van der Waals surface area contributed by atoms with Crippen molar-refractivity contribution in [3.05, 3.63) is 0 Å². The zero-order valence-electron chi connectivity index (χ0n) is 7.62. The molecule has 0 heterocycles. The van der Waals surface area contributed by atoms with Gasteiger partial charge in [-0.2, -0.15) is 0 Å². The molecule has 0 aliphatic heterocycles. The van der Waals surface area contributed by atoms with E-state index >= 15 is 0 Å². The number of hydrogen-bond acceptors (Lipinski definition) is 4. The van der Waals surface area contributed by atoms with Gasteiger partial charge >= 0.3 is 0 Å². The predicted octanol–water partition coefficient (Wildman–Crippen LogP) is -0.724. The van der Waals surface area contributed by atoms with E-state index in [1.165, 1.54) is 0 Å². The minimum Gasteiger partial charge on any atom is -0.409 e. The Labute approximate surface area is 76.7 Å². The highest BCUT2D eigenvalue weighted by Gasteiger charge is 2.00. The number of rotatable bonds is 6. The maximum Gasteiger partial charge on any atom is 0.222 e. The maximum absolute atomic E-state index is 11.0. The number of hydrogen-bond donors (Lipinski definition) is 3. The van der Waals surface area contributed by atoms with Gasteiger partial charge in [0.2, 0.25) is 5.91 Å². The van der Waals surface area contributed by atoms with Crippen LogP contribution < -0.4 is 11.1 Å². The van der Waals surface area contributed by atoms with Crippen molar-refractivity contribution in [3.63, 3.8) is 0 Å². The van der Waals surface area contributed by atoms with Crippen LogP contribution in [0.3, 0.4) is 0 Å². The van der Waals surface area contributed by atoms with E-state index in [2.05, 4.69) is 10.5 Å². The molecule has 0 aromatic rings. The Morgan fingerprint density at radius 2 is 2.38 bits per heavy atom. The lowest BCUT2D eigenvalue weighted by Gasteiger charge is -2.03. The third kappa shape index (κ3) is 7.07. The van der Waals surface area contributed by atoms with Gasteiger partial charge in [0, 0.05) is 13.0 Å². The number of carbonyl (C=O) groups excluding carboxylic acids is 1. The van der Waals surface area contributed by atoms with Crippen molar-refractivity contribution < 1.29 is 14.7 Å². The second-order valence-corrected chi connectivity index (χ2v) is 2.31. The van der Waals surface area contributed by atoms with Crippen molar-refractivity contribution in [1.82, 2.24) is 5.32 Å². The number of nitrogens with two attached hydrogens (primary N) is 1. The van der Waals surface area contributed by atoms with E-state index in [0.29, 0.717) is 13.2 Å². The average Bonchev–Trinajstić information content (AvgIpc) is 2.14. The highest BCUT2D eigenvalue weighted by atomic mass is 16.5. The van der Waals surface area contributed by atoms with Gasteiger partial charge in [-0.3, -0.25) is 4.79 Å². The van der Waals surface area contributed by atoms with Crippen LogP contribution in [0, 0.1) is 0 Å². The Morgan fingerprint density at radius 1 is 1.69 bits per heavy atom. The quantitative estimate of drug-likeness (QED) is 0.169. The zero-order chi connectivity index (χ0) is 10.1. The Balaban J connectivity index is 3.41. The standard InChI is InChI=1S/C7H15N3O3/c1-2-13-4-3-7(11)9-5-6(8)10-12/h12H,2-5H2,1H3,(H2,8,10)(H,9,11). The fourth-order valence-electron chi connectivity index (χ4n) is 0.622. The first-order valence-electron chi connectivity index (χ1n) is 4.01. The zero-order valence-corrected chi connectivity index (χ0v) is 7.62. The summed E-state index contributed by atoms with van der Waals surface area (Å²) in [6.45, 7) is 2.89. The van der Waals surface area contributed by atoms with Crippen molar-refractivity contribution in [1.29, 1.82) is 0 Å². The Hall–Kier alpha value is -1.30. The van der Waals surface area contributed by atoms with E-state index in [1.54, 1.807) is 0 Å². The molecule has 0 radical (unpaired) electrons. The molecular formula is C7H15N3O3. The third-order valence-corrected chi connectivity index (χ3v) is 1.27. The van der Waals surface area contributed by atoms with E-state index in [-0.39, 0.29) is 24.7 Å². The molecule has 0 atom stereocenters. The molecule has 6 heteroatoms. The first kappa shape index (κ1) is 11.7. The van der Waals surface area contributed by atoms with Crippen LogP contribution in [-0.4, -0.2) is 36.7 Å². The molecule has 0 aromatic heterocycles. The largest absolute Gasteiger partial charge is 0.409 e. The lowest BCUT2D eigenvalue weighted by Crippen LogP contribution is -2.33. The van der Waals surface area contributed by atoms with E-state index in [0.717, 1.165) is 0 Å². The first-order valence-corrected chi connectivity index (χ1v) is 4.01. The second kappa shape index (κ2) is 7.35. The topological polar surface area (TPSA) is 96.9 Å². The van der Waals surface area contributed by atoms with Crippen LogP contribution in [0.4, 0.5) is 0 Å². The Kier molecular flexibility index (Phi) is 6.62. The van der Waals surface area contributed by atoms with Crippen LogP contribution in [0.1, 0.15) is 13.3 Å². The normalized spacial score (nSPS) is 11.3. The van der Waals surface area contributed by atoms with Crippen LogP contribution in [0.2, 0.25) is 0 Å². The van der Waals surface area contributed by atoms with Crippen molar-refractivity contribution in [2.45, 2.75) is 13.3 Å². The van der Waals surface area contributed by atoms with Gasteiger partial charge in [0.05, 0.1) is 13.2 Å². The summed E-state index contributed by atoms with van der Waals surface area (Å²) in [6.07, 6.45) is 0.284. The van der Waals surface area contributed by atoms with Crippen molar-refractivity contribution in [2.24, 2.45) is 10.9 Å². The van der Waals surface area contributed by atoms with Gasteiger partial charge in [-0.15, -0.1) is 0 Å². The lowest BCUT2D eigenvalue weighted by molar-refractivity contribution is -0.121. The predicted molar refractivity (Wildman–Crippen MR) is 47.5 cm³/mol. The van der Waals surface area contributed by atoms with E-state index in [9.17, 15) is 4.79 Å². The summed E-state index contributed by atoms with van der Waals surface area (Å²) in [5.74, 6) is -0.204. The fraction of sp³-hybridized carbons (Fsp3) is 0.714. The molecule has 0 aliphatic rings. The molecule has 0 fully saturated rings. The summed E-state index contributed by atoms with van der Waals surface area (Å²) in [4.78, 5) is 11.0. The molecule has 6 nitrogen and oxygen atoms in total. The lowest BCUT2D eigenvalue weighted by atomic mass is 10.4. The molecule has 0 saturated carbocycles. The molecule has 0 aromatic carbocycles. The minimum absolute atomic E-state index is 0.0234. The van der Waals surface area contributed by atoms with Crippen molar-refractivity contribution in [3.8, 4) is 0 Å². The van der Waals surface area contributed by atoms with E-state index in [4.69, 9.17) is 15.7 Å². The van der Waals surface area contributed by atoms with Gasteiger partial charge in [-0.1, -0.05) is 5.16 Å². The molecule has 1 amide bonds. The number of nitrogens with zero attached hydrogens (tertiary/aromatic N) is 1. The molecular weight excluding hydrogens is 174 g/mol. The van der Waals surface area contributed by atoms with Gasteiger partial charge < -0.3 is 21.0 Å². The van der Waals surface area contributed by atoms with Gasteiger partial charge in [-0.05, 0) is 6.92 Å². The third-order valence-electron chi connectivity index (χ3n) is 1.27. The Morgan fingerprint density at radius 3 is 2.92 bits per heavy atom. The minimum atomic E-state index is -0.181. The van der Waals surface area contributed by atoms with Gasteiger partial charge in [0.1, 0.15) is 0 Å². The molecule has 0 saturated heterocycles. The number of oxime groups is 1. The molecule has 76 valence electrons. The highest BCUT2D eigenvalue weighted by molar-refractivity contribution is 5.86. The average molecular weight is 189 g/mol. The van der Waals surface area contributed by atoms with Crippen molar-refractivity contribution >= 4 is 11.7 Å². The van der Waals surface area contributed by atoms with Crippen LogP contribution >= 0.6 is 0 Å². The monoisotopic (exact) mass is 189 g/mol. The summed E-state index contributed by atoms with van der Waals surface area (Å²) in [5, 5.41) is 13.3. The molecule has 0 unspecified atom stereocenters. The SMILES string of the molecule is CCOCCC(=O)NCC(N)=NO. The number of ether oxygens (including phenoxy) is 1. The molecule has 0 spiro atoms.